The smallest absolute Gasteiger partial charge is 0.275 e. The van der Waals surface area contributed by atoms with E-state index in [0.717, 1.165) is 5.69 Å². The average Bonchev–Trinajstić information content (AvgIpc) is 3.05. The second-order valence-corrected chi connectivity index (χ2v) is 5.42. The maximum absolute atomic E-state index is 12.3. The van der Waals surface area contributed by atoms with Crippen molar-refractivity contribution >= 4 is 33.8 Å². The van der Waals surface area contributed by atoms with E-state index in [1.165, 1.54) is 11.3 Å². The number of carbonyl (C=O) groups excluding carboxylic acids is 1. The summed E-state index contributed by atoms with van der Waals surface area (Å²) in [4.78, 5) is 20.6. The topological polar surface area (TPSA) is 76.1 Å². The van der Waals surface area contributed by atoms with Gasteiger partial charge < -0.3 is 15.4 Å². The molecule has 7 heteroatoms. The third-order valence-corrected chi connectivity index (χ3v) is 3.76. The first-order chi connectivity index (χ1) is 11.3. The van der Waals surface area contributed by atoms with Crippen LogP contribution in [0.25, 0.3) is 0 Å². The van der Waals surface area contributed by atoms with Crippen molar-refractivity contribution in [3.63, 3.8) is 0 Å². The van der Waals surface area contributed by atoms with Gasteiger partial charge in [-0.3, -0.25) is 9.78 Å². The van der Waals surface area contributed by atoms with E-state index in [-0.39, 0.29) is 5.91 Å². The van der Waals surface area contributed by atoms with Gasteiger partial charge in [-0.05, 0) is 24.3 Å². The Labute approximate surface area is 137 Å². The van der Waals surface area contributed by atoms with Gasteiger partial charge in [0.2, 0.25) is 0 Å². The Hall–Kier alpha value is -2.93. The van der Waals surface area contributed by atoms with Gasteiger partial charge in [0, 0.05) is 11.6 Å². The predicted molar refractivity (Wildman–Crippen MR) is 90.6 cm³/mol. The van der Waals surface area contributed by atoms with Crippen molar-refractivity contribution in [3.8, 4) is 5.75 Å². The summed E-state index contributed by atoms with van der Waals surface area (Å²) in [5.41, 5.74) is 1.76. The number of amides is 1. The van der Waals surface area contributed by atoms with Crippen LogP contribution < -0.4 is 15.4 Å². The van der Waals surface area contributed by atoms with Gasteiger partial charge in [-0.1, -0.05) is 12.1 Å². The number of benzene rings is 1. The lowest BCUT2D eigenvalue weighted by Gasteiger charge is -2.08. The normalized spacial score (nSPS) is 10.1. The molecular formula is C16H14N4O2S. The van der Waals surface area contributed by atoms with Crippen LogP contribution in [0.4, 0.5) is 16.5 Å². The number of aromatic nitrogens is 2. The van der Waals surface area contributed by atoms with Gasteiger partial charge in [0.1, 0.15) is 11.4 Å². The summed E-state index contributed by atoms with van der Waals surface area (Å²) >= 11 is 1.35. The Bertz CT molecular complexity index is 805. The molecule has 0 aliphatic heterocycles. The van der Waals surface area contributed by atoms with Crippen molar-refractivity contribution < 1.29 is 9.53 Å². The molecular weight excluding hydrogens is 312 g/mol. The average molecular weight is 326 g/mol. The summed E-state index contributed by atoms with van der Waals surface area (Å²) in [6.45, 7) is 0. The number of thiazole rings is 1. The van der Waals surface area contributed by atoms with Gasteiger partial charge in [-0.25, -0.2) is 4.98 Å². The zero-order valence-electron chi connectivity index (χ0n) is 12.3. The van der Waals surface area contributed by atoms with E-state index < -0.39 is 0 Å². The van der Waals surface area contributed by atoms with Gasteiger partial charge in [-0.2, -0.15) is 0 Å². The van der Waals surface area contributed by atoms with Crippen LogP contribution in [0.2, 0.25) is 0 Å². The standard InChI is InChI=1S/C16H14N4O2S/c1-22-14-7-3-2-6-12(14)19-15(21)13-10-23-16(20-13)18-11-5-4-8-17-9-11/h2-10H,1H3,(H,18,20)(H,19,21). The van der Waals surface area contributed by atoms with Crippen molar-refractivity contribution in [1.82, 2.24) is 9.97 Å². The maximum atomic E-state index is 12.3. The Morgan fingerprint density at radius 2 is 2.09 bits per heavy atom. The molecule has 0 saturated carbocycles. The quantitative estimate of drug-likeness (QED) is 0.750. The van der Waals surface area contributed by atoms with Crippen molar-refractivity contribution in [2.24, 2.45) is 0 Å². The summed E-state index contributed by atoms with van der Waals surface area (Å²) in [5, 5.41) is 8.23. The van der Waals surface area contributed by atoms with E-state index in [4.69, 9.17) is 4.74 Å². The molecule has 2 N–H and O–H groups in total. The zero-order chi connectivity index (χ0) is 16.1. The minimum Gasteiger partial charge on any atom is -0.495 e. The first-order valence-corrected chi connectivity index (χ1v) is 7.71. The van der Waals surface area contributed by atoms with Crippen LogP contribution in [0, 0.1) is 0 Å². The van der Waals surface area contributed by atoms with Gasteiger partial charge in [-0.15, -0.1) is 11.3 Å². The van der Waals surface area contributed by atoms with Gasteiger partial charge in [0.05, 0.1) is 24.7 Å². The molecule has 6 nitrogen and oxygen atoms in total. The number of hydrogen-bond donors (Lipinski definition) is 2. The third-order valence-electron chi connectivity index (χ3n) is 3.00. The van der Waals surface area contributed by atoms with E-state index in [1.807, 2.05) is 24.3 Å². The monoisotopic (exact) mass is 326 g/mol. The number of methoxy groups -OCH3 is 1. The van der Waals surface area contributed by atoms with Crippen molar-refractivity contribution in [1.29, 1.82) is 0 Å². The number of ether oxygens (including phenoxy) is 1. The fourth-order valence-corrected chi connectivity index (χ4v) is 2.64. The second-order valence-electron chi connectivity index (χ2n) is 4.56. The Kier molecular flexibility index (Phi) is 4.49. The largest absolute Gasteiger partial charge is 0.495 e. The Morgan fingerprint density at radius 3 is 2.87 bits per heavy atom. The van der Waals surface area contributed by atoms with Crippen molar-refractivity contribution in [3.05, 3.63) is 59.9 Å². The minimum atomic E-state index is -0.287. The highest BCUT2D eigenvalue weighted by molar-refractivity contribution is 7.14. The number of nitrogens with one attached hydrogen (secondary N) is 2. The van der Waals surface area contributed by atoms with E-state index in [9.17, 15) is 4.79 Å². The number of rotatable bonds is 5. The molecule has 0 spiro atoms. The van der Waals surface area contributed by atoms with E-state index in [1.54, 1.807) is 37.0 Å². The maximum Gasteiger partial charge on any atom is 0.275 e. The lowest BCUT2D eigenvalue weighted by atomic mass is 10.3. The summed E-state index contributed by atoms with van der Waals surface area (Å²) in [7, 11) is 1.56. The SMILES string of the molecule is COc1ccccc1NC(=O)c1csc(Nc2cccnc2)n1. The van der Waals surface area contributed by atoms with Crippen LogP contribution in [-0.4, -0.2) is 23.0 Å². The first-order valence-electron chi connectivity index (χ1n) is 6.83. The molecule has 3 rings (SSSR count). The van der Waals surface area contributed by atoms with Crippen LogP contribution >= 0.6 is 11.3 Å². The molecule has 0 bridgehead atoms. The van der Waals surface area contributed by atoms with Crippen molar-refractivity contribution in [2.75, 3.05) is 17.7 Å². The van der Waals surface area contributed by atoms with Crippen LogP contribution in [0.15, 0.2) is 54.2 Å². The van der Waals surface area contributed by atoms with Gasteiger partial charge in [0.15, 0.2) is 5.13 Å². The molecule has 2 heterocycles. The summed E-state index contributed by atoms with van der Waals surface area (Å²) in [5.74, 6) is 0.315. The Morgan fingerprint density at radius 1 is 1.22 bits per heavy atom. The van der Waals surface area contributed by atoms with E-state index >= 15 is 0 Å². The van der Waals surface area contributed by atoms with Crippen molar-refractivity contribution in [2.45, 2.75) is 0 Å². The number of anilines is 3. The number of pyridine rings is 1. The molecule has 0 atom stereocenters. The third kappa shape index (κ3) is 3.64. The Balaban J connectivity index is 1.71. The lowest BCUT2D eigenvalue weighted by Crippen LogP contribution is -2.13. The van der Waals surface area contributed by atoms with Gasteiger partial charge >= 0.3 is 0 Å². The predicted octanol–water partition coefficient (Wildman–Crippen LogP) is 3.54. The summed E-state index contributed by atoms with van der Waals surface area (Å²) < 4.78 is 5.21. The summed E-state index contributed by atoms with van der Waals surface area (Å²) in [6, 6.07) is 10.9. The van der Waals surface area contributed by atoms with Gasteiger partial charge in [0.25, 0.3) is 5.91 Å². The molecule has 0 unspecified atom stereocenters. The van der Waals surface area contributed by atoms with E-state index in [0.29, 0.717) is 22.3 Å². The number of hydrogen-bond acceptors (Lipinski definition) is 6. The lowest BCUT2D eigenvalue weighted by molar-refractivity contribution is 0.102. The van der Waals surface area contributed by atoms with Crippen LogP contribution in [-0.2, 0) is 0 Å². The molecule has 1 amide bonds. The molecule has 116 valence electrons. The van der Waals surface area contributed by atoms with Crippen LogP contribution in [0.5, 0.6) is 5.75 Å². The van der Waals surface area contributed by atoms with Crippen LogP contribution in [0.1, 0.15) is 10.5 Å². The molecule has 1 aromatic carbocycles. The summed E-state index contributed by atoms with van der Waals surface area (Å²) in [6.07, 6.45) is 3.38. The molecule has 3 aromatic rings. The fraction of sp³-hybridized carbons (Fsp3) is 0.0625. The molecule has 23 heavy (non-hydrogen) atoms. The number of para-hydroxylation sites is 2. The minimum absolute atomic E-state index is 0.287. The highest BCUT2D eigenvalue weighted by Gasteiger charge is 2.13. The first kappa shape index (κ1) is 15.0. The van der Waals surface area contributed by atoms with Crippen LogP contribution in [0.3, 0.4) is 0 Å². The molecule has 0 aliphatic carbocycles. The molecule has 0 aliphatic rings. The highest BCUT2D eigenvalue weighted by Crippen LogP contribution is 2.25. The molecule has 0 fully saturated rings. The molecule has 0 radical (unpaired) electrons. The highest BCUT2D eigenvalue weighted by atomic mass is 32.1. The second kappa shape index (κ2) is 6.89. The fourth-order valence-electron chi connectivity index (χ4n) is 1.93. The molecule has 2 aromatic heterocycles. The number of nitrogens with zero attached hydrogens (tertiary/aromatic N) is 2. The number of carbonyl (C=O) groups is 1. The molecule has 0 saturated heterocycles. The zero-order valence-corrected chi connectivity index (χ0v) is 13.1. The van der Waals surface area contributed by atoms with E-state index in [2.05, 4.69) is 20.6 Å².